The fourth-order valence-corrected chi connectivity index (χ4v) is 4.40. The van der Waals surface area contributed by atoms with Gasteiger partial charge in [-0.15, -0.1) is 11.3 Å². The van der Waals surface area contributed by atoms with Crippen LogP contribution in [0.15, 0.2) is 18.2 Å². The molecule has 1 amide bonds. The second-order valence-electron chi connectivity index (χ2n) is 6.51. The van der Waals surface area contributed by atoms with Gasteiger partial charge in [0, 0.05) is 14.9 Å². The Morgan fingerprint density at radius 3 is 2.73 bits per heavy atom. The van der Waals surface area contributed by atoms with Gasteiger partial charge in [-0.2, -0.15) is 0 Å². The molecule has 0 atom stereocenters. The lowest BCUT2D eigenvalue weighted by molar-refractivity contribution is 0.0269. The predicted octanol–water partition coefficient (Wildman–Crippen LogP) is 4.67. The maximum atomic E-state index is 14.2. The summed E-state index contributed by atoms with van der Waals surface area (Å²) in [6.45, 7) is 3.71. The fraction of sp³-hybridized carbons (Fsp3) is 0.368. The number of hydrogen-bond donors (Lipinski definition) is 1. The molecule has 1 aliphatic carbocycles. The summed E-state index contributed by atoms with van der Waals surface area (Å²) < 4.78 is 15.0. The van der Waals surface area contributed by atoms with Crippen LogP contribution in [0.5, 0.6) is 0 Å². The lowest BCUT2D eigenvalue weighted by Gasteiger charge is -2.08. The van der Waals surface area contributed by atoms with Crippen molar-refractivity contribution < 1.29 is 18.8 Å². The van der Waals surface area contributed by atoms with Crippen molar-refractivity contribution in [1.82, 2.24) is 5.48 Å². The molecule has 0 saturated heterocycles. The van der Waals surface area contributed by atoms with Crippen molar-refractivity contribution in [3.05, 3.63) is 54.0 Å². The molecule has 0 spiro atoms. The first kappa shape index (κ1) is 19.4. The van der Waals surface area contributed by atoms with E-state index >= 15 is 0 Å². The highest BCUT2D eigenvalue weighted by Gasteiger charge is 2.25. The second-order valence-corrected chi connectivity index (χ2v) is 8.86. The van der Waals surface area contributed by atoms with Crippen LogP contribution < -0.4 is 5.48 Å². The molecule has 1 aromatic heterocycles. The van der Waals surface area contributed by atoms with Gasteiger partial charge in [0.25, 0.3) is 5.91 Å². The van der Waals surface area contributed by atoms with Gasteiger partial charge >= 0.3 is 0 Å². The first-order chi connectivity index (χ1) is 12.4. The van der Waals surface area contributed by atoms with Gasteiger partial charge in [0.15, 0.2) is 5.78 Å². The summed E-state index contributed by atoms with van der Waals surface area (Å²) >= 11 is 3.30. The summed E-state index contributed by atoms with van der Waals surface area (Å²) in [5.74, 6) is -0.279. The molecule has 0 radical (unpaired) electrons. The number of nitrogens with one attached hydrogen (secondary N) is 1. The van der Waals surface area contributed by atoms with Crippen molar-refractivity contribution in [2.24, 2.45) is 5.92 Å². The number of benzene rings is 1. The van der Waals surface area contributed by atoms with Crippen molar-refractivity contribution in [3.8, 4) is 0 Å². The largest absolute Gasteiger partial charge is 0.294 e. The van der Waals surface area contributed by atoms with Gasteiger partial charge < -0.3 is 0 Å². The van der Waals surface area contributed by atoms with Gasteiger partial charge in [-0.1, -0.05) is 6.07 Å². The van der Waals surface area contributed by atoms with Crippen LogP contribution in [0.4, 0.5) is 4.39 Å². The summed E-state index contributed by atoms with van der Waals surface area (Å²) in [5, 5.41) is 0. The Labute approximate surface area is 169 Å². The highest BCUT2D eigenvalue weighted by atomic mass is 127. The van der Waals surface area contributed by atoms with Crippen LogP contribution in [0.3, 0.4) is 0 Å². The van der Waals surface area contributed by atoms with Crippen LogP contribution in [-0.2, 0) is 11.3 Å². The quantitative estimate of drug-likeness (QED) is 0.351. The molecular weight excluding hydrogens is 468 g/mol. The molecule has 1 aromatic carbocycles. The minimum Gasteiger partial charge on any atom is -0.294 e. The number of halogens is 2. The van der Waals surface area contributed by atoms with E-state index in [1.165, 1.54) is 24.3 Å². The van der Waals surface area contributed by atoms with E-state index in [0.717, 1.165) is 16.4 Å². The van der Waals surface area contributed by atoms with Crippen LogP contribution in [0.25, 0.3) is 0 Å². The highest BCUT2D eigenvalue weighted by molar-refractivity contribution is 14.1. The van der Waals surface area contributed by atoms with E-state index < -0.39 is 0 Å². The Balaban J connectivity index is 1.87. The molecule has 0 unspecified atom stereocenters. The first-order valence-corrected chi connectivity index (χ1v) is 10.3. The van der Waals surface area contributed by atoms with E-state index in [1.807, 2.05) is 6.07 Å². The topological polar surface area (TPSA) is 55.4 Å². The van der Waals surface area contributed by atoms with E-state index in [2.05, 4.69) is 28.1 Å². The molecule has 4 nitrogen and oxygen atoms in total. The molecule has 1 N–H and O–H groups in total. The lowest BCUT2D eigenvalue weighted by atomic mass is 10.0. The zero-order valence-corrected chi connectivity index (χ0v) is 17.5. The molecule has 0 bridgehead atoms. The van der Waals surface area contributed by atoms with E-state index in [4.69, 9.17) is 4.84 Å². The zero-order valence-electron chi connectivity index (χ0n) is 14.5. The standard InChI is InChI=1S/C19H19FINO3S/c1-10-17(19(24)22-25-9-12-3-4-12)16(26-18(10)11(2)23)7-13-5-6-14(21)8-15(13)20/h5-6,8,12H,3-4,7,9H2,1-2H3,(H,22,24). The van der Waals surface area contributed by atoms with Crippen LogP contribution in [0, 0.1) is 22.2 Å². The summed E-state index contributed by atoms with van der Waals surface area (Å²) in [6, 6.07) is 5.00. The molecule has 0 aliphatic heterocycles. The molecule has 1 fully saturated rings. The van der Waals surface area contributed by atoms with E-state index in [-0.39, 0.29) is 23.9 Å². The number of carbonyl (C=O) groups is 2. The maximum Gasteiger partial charge on any atom is 0.276 e. The fourth-order valence-electron chi connectivity index (χ4n) is 2.73. The van der Waals surface area contributed by atoms with Crippen molar-refractivity contribution in [2.75, 3.05) is 6.61 Å². The summed E-state index contributed by atoms with van der Waals surface area (Å²) in [6.07, 6.45) is 2.51. The first-order valence-electron chi connectivity index (χ1n) is 8.36. The van der Waals surface area contributed by atoms with Gasteiger partial charge in [0.05, 0.1) is 17.0 Å². The molecule has 138 valence electrons. The van der Waals surface area contributed by atoms with E-state index in [9.17, 15) is 14.0 Å². The second kappa shape index (κ2) is 8.14. The third-order valence-electron chi connectivity index (χ3n) is 4.31. The number of carbonyl (C=O) groups excluding carboxylic acids is 2. The zero-order chi connectivity index (χ0) is 18.8. The molecule has 1 aliphatic rings. The third kappa shape index (κ3) is 4.50. The minimum atomic E-state index is -0.382. The molecule has 7 heteroatoms. The summed E-state index contributed by atoms with van der Waals surface area (Å²) in [5.41, 5.74) is 4.00. The smallest absolute Gasteiger partial charge is 0.276 e. The Morgan fingerprint density at radius 1 is 1.38 bits per heavy atom. The van der Waals surface area contributed by atoms with E-state index in [1.54, 1.807) is 13.0 Å². The number of rotatable bonds is 7. The van der Waals surface area contributed by atoms with Gasteiger partial charge in [0.2, 0.25) is 0 Å². The normalized spacial score (nSPS) is 13.7. The number of hydrogen-bond acceptors (Lipinski definition) is 4. The monoisotopic (exact) mass is 487 g/mol. The van der Waals surface area contributed by atoms with Gasteiger partial charge in [-0.05, 0) is 78.5 Å². The Kier molecular flexibility index (Phi) is 6.09. The molecule has 2 aromatic rings. The van der Waals surface area contributed by atoms with Gasteiger partial charge in [-0.25, -0.2) is 9.87 Å². The van der Waals surface area contributed by atoms with E-state index in [0.29, 0.717) is 39.0 Å². The predicted molar refractivity (Wildman–Crippen MR) is 107 cm³/mol. The lowest BCUT2D eigenvalue weighted by Crippen LogP contribution is -2.26. The molecular formula is C19H19FINO3S. The Morgan fingerprint density at radius 2 is 2.12 bits per heavy atom. The van der Waals surface area contributed by atoms with Gasteiger partial charge in [0.1, 0.15) is 5.82 Å². The van der Waals surface area contributed by atoms with Crippen molar-refractivity contribution in [3.63, 3.8) is 0 Å². The number of amides is 1. The molecule has 1 heterocycles. The van der Waals surface area contributed by atoms with Crippen LogP contribution in [0.1, 0.15) is 55.8 Å². The van der Waals surface area contributed by atoms with Crippen molar-refractivity contribution >= 4 is 45.6 Å². The molecule has 26 heavy (non-hydrogen) atoms. The third-order valence-corrected chi connectivity index (χ3v) is 6.38. The number of thiophene rings is 1. The number of ketones is 1. The Bertz CT molecular complexity index is 861. The summed E-state index contributed by atoms with van der Waals surface area (Å²) in [4.78, 5) is 31.0. The number of Topliss-reactive ketones (excluding diaryl/α,β-unsaturated/α-hetero) is 1. The maximum absolute atomic E-state index is 14.2. The molecule has 1 saturated carbocycles. The van der Waals surface area contributed by atoms with Crippen LogP contribution in [-0.4, -0.2) is 18.3 Å². The minimum absolute atomic E-state index is 0.102. The van der Waals surface area contributed by atoms with Crippen LogP contribution in [0.2, 0.25) is 0 Å². The average molecular weight is 487 g/mol. The SMILES string of the molecule is CC(=O)c1sc(Cc2ccc(I)cc2F)c(C(=O)NOCC2CC2)c1C. The van der Waals surface area contributed by atoms with Crippen molar-refractivity contribution in [1.29, 1.82) is 0 Å². The number of hydroxylamine groups is 1. The Hall–Kier alpha value is -1.32. The molecule has 3 rings (SSSR count). The van der Waals surface area contributed by atoms with Crippen molar-refractivity contribution in [2.45, 2.75) is 33.1 Å². The van der Waals surface area contributed by atoms with Gasteiger partial charge in [-0.3, -0.25) is 14.4 Å². The highest BCUT2D eigenvalue weighted by Crippen LogP contribution is 2.32. The average Bonchev–Trinajstić information content (AvgIpc) is 3.32. The van der Waals surface area contributed by atoms with Crippen LogP contribution >= 0.6 is 33.9 Å². The summed E-state index contributed by atoms with van der Waals surface area (Å²) in [7, 11) is 0.